The lowest BCUT2D eigenvalue weighted by Gasteiger charge is -2.15. The summed E-state index contributed by atoms with van der Waals surface area (Å²) in [6, 6.07) is 8.26. The topological polar surface area (TPSA) is 31.7 Å². The standard InChI is InChI=1S/C16H20N4/c1-11(19(2)3)17-15-12-7-5-6-8-14(12)18-16-13(15)9-10-20(16)4/h5-8H,9-10H2,1-4H3. The molecule has 0 fully saturated rings. The number of para-hydroxylation sites is 1. The number of nitrogens with zero attached hydrogens (tertiary/aromatic N) is 4. The summed E-state index contributed by atoms with van der Waals surface area (Å²) in [5, 5.41) is 1.14. The highest BCUT2D eigenvalue weighted by Crippen LogP contribution is 2.38. The van der Waals surface area contributed by atoms with Crippen LogP contribution in [0.15, 0.2) is 29.3 Å². The third kappa shape index (κ3) is 2.01. The molecule has 0 unspecified atom stereocenters. The van der Waals surface area contributed by atoms with Crippen LogP contribution in [0.5, 0.6) is 0 Å². The zero-order valence-corrected chi connectivity index (χ0v) is 12.5. The number of benzene rings is 1. The lowest BCUT2D eigenvalue weighted by Crippen LogP contribution is -2.18. The molecule has 1 aromatic carbocycles. The number of fused-ring (bicyclic) bond motifs is 2. The first-order valence-corrected chi connectivity index (χ1v) is 6.93. The van der Waals surface area contributed by atoms with Crippen molar-refractivity contribution >= 4 is 28.2 Å². The first-order chi connectivity index (χ1) is 9.58. The van der Waals surface area contributed by atoms with E-state index in [1.165, 1.54) is 5.56 Å². The van der Waals surface area contributed by atoms with Gasteiger partial charge in [0.2, 0.25) is 0 Å². The van der Waals surface area contributed by atoms with Gasteiger partial charge in [-0.05, 0) is 19.4 Å². The fraction of sp³-hybridized carbons (Fsp3) is 0.375. The summed E-state index contributed by atoms with van der Waals surface area (Å²) in [5.74, 6) is 2.09. The highest BCUT2D eigenvalue weighted by atomic mass is 15.2. The van der Waals surface area contributed by atoms with Crippen molar-refractivity contribution < 1.29 is 0 Å². The molecule has 4 heteroatoms. The van der Waals surface area contributed by atoms with Crippen molar-refractivity contribution in [2.24, 2.45) is 4.99 Å². The van der Waals surface area contributed by atoms with Gasteiger partial charge >= 0.3 is 0 Å². The number of rotatable bonds is 1. The van der Waals surface area contributed by atoms with Gasteiger partial charge in [0.05, 0.1) is 11.2 Å². The Morgan fingerprint density at radius 3 is 2.80 bits per heavy atom. The normalized spacial score (nSPS) is 14.8. The first-order valence-electron chi connectivity index (χ1n) is 6.93. The minimum atomic E-state index is 1.01. The second kappa shape index (κ2) is 4.78. The Kier molecular flexibility index (Phi) is 3.08. The molecule has 0 saturated carbocycles. The Balaban J connectivity index is 2.31. The van der Waals surface area contributed by atoms with E-state index in [0.29, 0.717) is 0 Å². The molecule has 0 aliphatic carbocycles. The molecular weight excluding hydrogens is 248 g/mol. The Bertz CT molecular complexity index is 688. The van der Waals surface area contributed by atoms with Gasteiger partial charge in [-0.15, -0.1) is 0 Å². The molecule has 0 saturated heterocycles. The fourth-order valence-electron chi connectivity index (χ4n) is 2.54. The quantitative estimate of drug-likeness (QED) is 0.589. The average Bonchev–Trinajstić information content (AvgIpc) is 2.80. The Hall–Kier alpha value is -2.10. The van der Waals surface area contributed by atoms with Crippen LogP contribution < -0.4 is 4.90 Å². The summed E-state index contributed by atoms with van der Waals surface area (Å²) in [7, 11) is 6.14. The van der Waals surface area contributed by atoms with Crippen molar-refractivity contribution in [3.63, 3.8) is 0 Å². The van der Waals surface area contributed by atoms with Crippen LogP contribution in [-0.2, 0) is 6.42 Å². The van der Waals surface area contributed by atoms with E-state index in [0.717, 1.165) is 41.2 Å². The predicted molar refractivity (Wildman–Crippen MR) is 85.2 cm³/mol. The van der Waals surface area contributed by atoms with Gasteiger partial charge in [-0.25, -0.2) is 9.98 Å². The number of aliphatic imine (C=N–C) groups is 1. The van der Waals surface area contributed by atoms with Crippen LogP contribution in [0, 0.1) is 0 Å². The van der Waals surface area contributed by atoms with Gasteiger partial charge in [0.15, 0.2) is 0 Å². The molecule has 0 bridgehead atoms. The lowest BCUT2D eigenvalue weighted by atomic mass is 10.1. The van der Waals surface area contributed by atoms with Gasteiger partial charge in [-0.3, -0.25) is 0 Å². The Morgan fingerprint density at radius 2 is 2.05 bits per heavy atom. The summed E-state index contributed by atoms with van der Waals surface area (Å²) in [4.78, 5) is 13.9. The summed E-state index contributed by atoms with van der Waals surface area (Å²) in [5.41, 5.74) is 3.37. The number of anilines is 1. The number of hydrogen-bond acceptors (Lipinski definition) is 3. The van der Waals surface area contributed by atoms with E-state index in [1.807, 2.05) is 32.0 Å². The molecule has 1 aromatic heterocycles. The SMILES string of the molecule is CC(=Nc1c2c(nc3ccccc13)N(C)CC2)N(C)C. The number of likely N-dealkylation sites (N-methyl/N-ethyl adjacent to an activating group) is 1. The first kappa shape index (κ1) is 12.9. The largest absolute Gasteiger partial charge is 0.366 e. The minimum Gasteiger partial charge on any atom is -0.366 e. The molecule has 2 aromatic rings. The molecule has 1 aliphatic heterocycles. The van der Waals surface area contributed by atoms with Gasteiger partial charge in [-0.2, -0.15) is 0 Å². The molecular formula is C16H20N4. The monoisotopic (exact) mass is 268 g/mol. The summed E-state index contributed by atoms with van der Waals surface area (Å²) >= 11 is 0. The second-order valence-electron chi connectivity index (χ2n) is 5.50. The fourth-order valence-corrected chi connectivity index (χ4v) is 2.54. The zero-order chi connectivity index (χ0) is 14.3. The summed E-state index contributed by atoms with van der Waals surface area (Å²) < 4.78 is 0. The van der Waals surface area contributed by atoms with Crippen molar-refractivity contribution in [1.82, 2.24) is 9.88 Å². The number of hydrogen-bond donors (Lipinski definition) is 0. The van der Waals surface area contributed by atoms with Gasteiger partial charge in [0, 0.05) is 38.6 Å². The van der Waals surface area contributed by atoms with Crippen LogP contribution in [0.1, 0.15) is 12.5 Å². The maximum absolute atomic E-state index is 4.87. The van der Waals surface area contributed by atoms with Gasteiger partial charge in [0.25, 0.3) is 0 Å². The molecule has 1 aliphatic rings. The molecule has 0 atom stereocenters. The molecule has 0 radical (unpaired) electrons. The molecule has 0 amide bonds. The van der Waals surface area contributed by atoms with E-state index in [-0.39, 0.29) is 0 Å². The maximum Gasteiger partial charge on any atom is 0.134 e. The molecule has 2 heterocycles. The van der Waals surface area contributed by atoms with Crippen LogP contribution in [0.2, 0.25) is 0 Å². The van der Waals surface area contributed by atoms with Gasteiger partial charge in [-0.1, -0.05) is 18.2 Å². The van der Waals surface area contributed by atoms with Crippen molar-refractivity contribution in [3.8, 4) is 0 Å². The third-order valence-electron chi connectivity index (χ3n) is 3.92. The Labute approximate surface area is 119 Å². The molecule has 3 rings (SSSR count). The third-order valence-corrected chi connectivity index (χ3v) is 3.92. The van der Waals surface area contributed by atoms with Crippen LogP contribution in [-0.4, -0.2) is 43.4 Å². The van der Waals surface area contributed by atoms with Crippen LogP contribution in [0.4, 0.5) is 11.5 Å². The predicted octanol–water partition coefficient (Wildman–Crippen LogP) is 2.84. The zero-order valence-electron chi connectivity index (χ0n) is 12.5. The molecule has 0 spiro atoms. The number of pyridine rings is 1. The summed E-state index contributed by atoms with van der Waals surface area (Å²) in [6.45, 7) is 3.06. The highest BCUT2D eigenvalue weighted by Gasteiger charge is 2.23. The molecule has 104 valence electrons. The Morgan fingerprint density at radius 1 is 1.30 bits per heavy atom. The van der Waals surface area contributed by atoms with Crippen molar-refractivity contribution in [2.75, 3.05) is 32.6 Å². The van der Waals surface area contributed by atoms with E-state index in [2.05, 4.69) is 30.1 Å². The van der Waals surface area contributed by atoms with E-state index in [9.17, 15) is 0 Å². The molecule has 20 heavy (non-hydrogen) atoms. The van der Waals surface area contributed by atoms with Crippen LogP contribution >= 0.6 is 0 Å². The van der Waals surface area contributed by atoms with Gasteiger partial charge < -0.3 is 9.80 Å². The second-order valence-corrected chi connectivity index (χ2v) is 5.50. The average molecular weight is 268 g/mol. The highest BCUT2D eigenvalue weighted by molar-refractivity contribution is 5.97. The van der Waals surface area contributed by atoms with Gasteiger partial charge in [0.1, 0.15) is 11.7 Å². The van der Waals surface area contributed by atoms with E-state index >= 15 is 0 Å². The smallest absolute Gasteiger partial charge is 0.134 e. The van der Waals surface area contributed by atoms with Crippen molar-refractivity contribution in [3.05, 3.63) is 29.8 Å². The van der Waals surface area contributed by atoms with E-state index in [4.69, 9.17) is 9.98 Å². The van der Waals surface area contributed by atoms with E-state index in [1.54, 1.807) is 0 Å². The molecule has 4 nitrogen and oxygen atoms in total. The molecule has 0 N–H and O–H groups in total. The van der Waals surface area contributed by atoms with Crippen LogP contribution in [0.25, 0.3) is 10.9 Å². The number of amidine groups is 1. The number of aromatic nitrogens is 1. The van der Waals surface area contributed by atoms with Crippen molar-refractivity contribution in [2.45, 2.75) is 13.3 Å². The van der Waals surface area contributed by atoms with Crippen LogP contribution in [0.3, 0.4) is 0 Å². The lowest BCUT2D eigenvalue weighted by molar-refractivity contribution is 0.619. The summed E-state index contributed by atoms with van der Waals surface area (Å²) in [6.07, 6.45) is 1.02. The maximum atomic E-state index is 4.87. The van der Waals surface area contributed by atoms with Crippen molar-refractivity contribution in [1.29, 1.82) is 0 Å². The minimum absolute atomic E-state index is 1.01. The van der Waals surface area contributed by atoms with E-state index < -0.39 is 0 Å².